The van der Waals surface area contributed by atoms with Crippen molar-refractivity contribution in [3.63, 3.8) is 0 Å². The van der Waals surface area contributed by atoms with Gasteiger partial charge in [0.15, 0.2) is 0 Å². The highest BCUT2D eigenvalue weighted by Crippen LogP contribution is 2.50. The van der Waals surface area contributed by atoms with E-state index in [-0.39, 0.29) is 0 Å². The number of fused-ring (bicyclic) bond motifs is 4. The molecule has 0 N–H and O–H groups in total. The summed E-state index contributed by atoms with van der Waals surface area (Å²) in [6.45, 7) is 0. The molecule has 4 nitrogen and oxygen atoms in total. The molecule has 0 fully saturated rings. The minimum atomic E-state index is 0.584. The molecule has 0 atom stereocenters. The lowest BCUT2D eigenvalue weighted by Crippen LogP contribution is -1.95. The molecule has 0 aliphatic carbocycles. The number of rotatable bonds is 5. The number of hydrogen-bond acceptors (Lipinski definition) is 4. The van der Waals surface area contributed by atoms with Gasteiger partial charge in [-0.1, -0.05) is 133 Å². The first-order valence-electron chi connectivity index (χ1n) is 18.5. The van der Waals surface area contributed by atoms with Gasteiger partial charge in [0.2, 0.25) is 0 Å². The van der Waals surface area contributed by atoms with Gasteiger partial charge in [-0.15, -0.1) is 0 Å². The standard InChI is InChI=1S/C52H30N4/c53-31-33-23-25-55-47(27-33)35-11-9-13-37(29-35)49-39-15-1-5-19-43(39)51(44-20-6-2-16-40(44)49)52-45-21-7-3-17-41(45)50(42-18-4-8-22-46(42)52)38-14-10-12-36(30-38)48-28-34(32-54)24-26-56-48/h1-30H. The zero-order chi connectivity index (χ0) is 37.6. The molecule has 0 saturated carbocycles. The third-order valence-electron chi connectivity index (χ3n) is 10.8. The molecule has 0 radical (unpaired) electrons. The second kappa shape index (κ2) is 13.5. The number of nitrogens with zero attached hydrogens (tertiary/aromatic N) is 4. The molecule has 0 unspecified atom stereocenters. The van der Waals surface area contributed by atoms with Crippen molar-refractivity contribution in [1.29, 1.82) is 10.5 Å². The minimum Gasteiger partial charge on any atom is -0.256 e. The molecule has 0 aliphatic rings. The van der Waals surface area contributed by atoms with E-state index >= 15 is 0 Å². The molecule has 2 aromatic heterocycles. The van der Waals surface area contributed by atoms with Crippen LogP contribution in [0.2, 0.25) is 0 Å². The summed E-state index contributed by atoms with van der Waals surface area (Å²) in [6, 6.07) is 63.7. The monoisotopic (exact) mass is 710 g/mol. The smallest absolute Gasteiger partial charge is 0.0992 e. The molecule has 4 heteroatoms. The highest BCUT2D eigenvalue weighted by atomic mass is 14.7. The normalized spacial score (nSPS) is 11.2. The molecule has 0 spiro atoms. The summed E-state index contributed by atoms with van der Waals surface area (Å²) >= 11 is 0. The van der Waals surface area contributed by atoms with E-state index in [0.29, 0.717) is 11.1 Å². The fraction of sp³-hybridized carbons (Fsp3) is 0. The van der Waals surface area contributed by atoms with Crippen LogP contribution in [0.4, 0.5) is 0 Å². The van der Waals surface area contributed by atoms with Gasteiger partial charge in [-0.3, -0.25) is 9.97 Å². The van der Waals surface area contributed by atoms with E-state index in [1.807, 2.05) is 12.1 Å². The van der Waals surface area contributed by atoms with Crippen LogP contribution in [0.1, 0.15) is 11.1 Å². The first-order chi connectivity index (χ1) is 27.7. The summed E-state index contributed by atoms with van der Waals surface area (Å²) in [5.74, 6) is 0. The van der Waals surface area contributed by atoms with Crippen molar-refractivity contribution in [3.05, 3.63) is 193 Å². The highest BCUT2D eigenvalue weighted by molar-refractivity contribution is 6.30. The Labute approximate surface area is 323 Å². The molecule has 2 heterocycles. The average molecular weight is 711 g/mol. The van der Waals surface area contributed by atoms with Gasteiger partial charge in [-0.05, 0) is 113 Å². The number of aromatic nitrogens is 2. The Morgan fingerprint density at radius 2 is 0.607 bits per heavy atom. The zero-order valence-electron chi connectivity index (χ0n) is 30.1. The van der Waals surface area contributed by atoms with Gasteiger partial charge in [0, 0.05) is 23.5 Å². The summed E-state index contributed by atoms with van der Waals surface area (Å²) in [5, 5.41) is 28.5. The van der Waals surface area contributed by atoms with Crippen molar-refractivity contribution in [3.8, 4) is 68.0 Å². The summed E-state index contributed by atoms with van der Waals surface area (Å²) in [6.07, 6.45) is 3.39. The van der Waals surface area contributed by atoms with Crippen molar-refractivity contribution >= 4 is 43.1 Å². The lowest BCUT2D eigenvalue weighted by Gasteiger charge is -2.22. The van der Waals surface area contributed by atoms with Crippen LogP contribution in [0.5, 0.6) is 0 Å². The molecule has 0 saturated heterocycles. The van der Waals surface area contributed by atoms with E-state index in [2.05, 4.69) is 168 Å². The fourth-order valence-corrected chi connectivity index (χ4v) is 8.40. The highest BCUT2D eigenvalue weighted by Gasteiger charge is 2.22. The maximum absolute atomic E-state index is 9.58. The van der Waals surface area contributed by atoms with Crippen LogP contribution in [0.25, 0.3) is 99.0 Å². The first kappa shape index (κ1) is 32.7. The third-order valence-corrected chi connectivity index (χ3v) is 10.8. The Morgan fingerprint density at radius 3 is 0.929 bits per heavy atom. The van der Waals surface area contributed by atoms with Crippen LogP contribution < -0.4 is 0 Å². The second-order valence-electron chi connectivity index (χ2n) is 13.9. The number of benzene rings is 8. The maximum atomic E-state index is 9.58. The maximum Gasteiger partial charge on any atom is 0.0992 e. The lowest BCUT2D eigenvalue weighted by atomic mass is 9.81. The van der Waals surface area contributed by atoms with Crippen molar-refractivity contribution in [2.45, 2.75) is 0 Å². The molecule has 0 aliphatic heterocycles. The quantitative estimate of drug-likeness (QED) is 0.167. The van der Waals surface area contributed by atoms with E-state index in [9.17, 15) is 10.5 Å². The predicted molar refractivity (Wildman–Crippen MR) is 229 cm³/mol. The summed E-state index contributed by atoms with van der Waals surface area (Å²) in [7, 11) is 0. The van der Waals surface area contributed by atoms with Gasteiger partial charge >= 0.3 is 0 Å². The molecule has 8 aromatic carbocycles. The van der Waals surface area contributed by atoms with Crippen LogP contribution in [0, 0.1) is 22.7 Å². The Morgan fingerprint density at radius 1 is 0.304 bits per heavy atom. The summed E-state index contributed by atoms with van der Waals surface area (Å²) < 4.78 is 0. The topological polar surface area (TPSA) is 73.4 Å². The summed E-state index contributed by atoms with van der Waals surface area (Å²) in [5.41, 5.74) is 11.5. The van der Waals surface area contributed by atoms with Gasteiger partial charge < -0.3 is 0 Å². The molecular weight excluding hydrogens is 681 g/mol. The SMILES string of the molecule is N#Cc1ccnc(-c2cccc(-c3c4ccccc4c(-c4c5ccccc5c(-c5cccc(-c6cc(C#N)ccn6)c5)c5ccccc45)c4ccccc34)c2)c1. The van der Waals surface area contributed by atoms with E-state index < -0.39 is 0 Å². The first-order valence-corrected chi connectivity index (χ1v) is 18.5. The van der Waals surface area contributed by atoms with Crippen molar-refractivity contribution in [2.75, 3.05) is 0 Å². The Bertz CT molecular complexity index is 2960. The zero-order valence-corrected chi connectivity index (χ0v) is 30.1. The molecular formula is C52H30N4. The fourth-order valence-electron chi connectivity index (χ4n) is 8.40. The summed E-state index contributed by atoms with van der Waals surface area (Å²) in [4.78, 5) is 9.24. The van der Waals surface area contributed by atoms with Crippen LogP contribution in [0.3, 0.4) is 0 Å². The molecule has 0 amide bonds. The van der Waals surface area contributed by atoms with Crippen molar-refractivity contribution in [1.82, 2.24) is 9.97 Å². The molecule has 0 bridgehead atoms. The Kier molecular flexibility index (Phi) is 7.88. The van der Waals surface area contributed by atoms with Gasteiger partial charge in [-0.2, -0.15) is 10.5 Å². The largest absolute Gasteiger partial charge is 0.256 e. The van der Waals surface area contributed by atoms with Gasteiger partial charge in [0.05, 0.1) is 34.7 Å². The third kappa shape index (κ3) is 5.37. The van der Waals surface area contributed by atoms with Crippen molar-refractivity contribution < 1.29 is 0 Å². The predicted octanol–water partition coefficient (Wildman–Crippen LogP) is 13.2. The number of pyridine rings is 2. The van der Waals surface area contributed by atoms with Gasteiger partial charge in [0.1, 0.15) is 0 Å². The average Bonchev–Trinajstić information content (AvgIpc) is 3.27. The van der Waals surface area contributed by atoms with Gasteiger partial charge in [0.25, 0.3) is 0 Å². The van der Waals surface area contributed by atoms with E-state index in [4.69, 9.17) is 0 Å². The Hall–Kier alpha value is -7.92. The van der Waals surface area contributed by atoms with Crippen LogP contribution >= 0.6 is 0 Å². The number of hydrogen-bond donors (Lipinski definition) is 0. The lowest BCUT2D eigenvalue weighted by molar-refractivity contribution is 1.31. The second-order valence-corrected chi connectivity index (χ2v) is 13.9. The molecule has 56 heavy (non-hydrogen) atoms. The number of nitriles is 2. The molecule has 258 valence electrons. The van der Waals surface area contributed by atoms with E-state index in [1.54, 1.807) is 24.5 Å². The van der Waals surface area contributed by atoms with Crippen molar-refractivity contribution in [2.24, 2.45) is 0 Å². The molecule has 10 rings (SSSR count). The van der Waals surface area contributed by atoms with E-state index in [0.717, 1.165) is 66.3 Å². The van der Waals surface area contributed by atoms with Crippen LogP contribution in [-0.2, 0) is 0 Å². The minimum absolute atomic E-state index is 0.584. The van der Waals surface area contributed by atoms with Gasteiger partial charge in [-0.25, -0.2) is 0 Å². The van der Waals surface area contributed by atoms with E-state index in [1.165, 1.54) is 32.7 Å². The van der Waals surface area contributed by atoms with Crippen LogP contribution in [-0.4, -0.2) is 9.97 Å². The Balaban J connectivity index is 1.26. The van der Waals surface area contributed by atoms with Crippen LogP contribution in [0.15, 0.2) is 182 Å². The molecule has 10 aromatic rings.